The summed E-state index contributed by atoms with van der Waals surface area (Å²) >= 11 is 12.8. The Bertz CT molecular complexity index is 5490. The number of alkyl halides is 1. The van der Waals surface area contributed by atoms with Crippen molar-refractivity contribution in [3.05, 3.63) is 289 Å². The van der Waals surface area contributed by atoms with Crippen molar-refractivity contribution in [1.29, 1.82) is 0 Å². The van der Waals surface area contributed by atoms with Crippen molar-refractivity contribution in [1.82, 2.24) is 56.1 Å². The summed E-state index contributed by atoms with van der Waals surface area (Å²) in [7, 11) is 9.33. The van der Waals surface area contributed by atoms with Gasteiger partial charge in [-0.25, -0.2) is 34.1 Å². The minimum atomic E-state index is -0.435. The van der Waals surface area contributed by atoms with Gasteiger partial charge in [0.1, 0.15) is 17.5 Å². The van der Waals surface area contributed by atoms with Crippen LogP contribution in [-0.2, 0) is 102 Å². The Morgan fingerprint density at radius 1 is 0.514 bits per heavy atom. The van der Waals surface area contributed by atoms with Crippen LogP contribution in [0.15, 0.2) is 188 Å². The van der Waals surface area contributed by atoms with Gasteiger partial charge in [0.2, 0.25) is 0 Å². The predicted octanol–water partition coefficient (Wildman–Crippen LogP) is 8.64. The zero-order chi connectivity index (χ0) is 75.8. The number of aliphatic hydroxyl groups excluding tert-OH is 1. The Kier molecular flexibility index (Phi) is 32.5. The molecule has 29 heteroatoms. The molecule has 557 valence electrons. The van der Waals surface area contributed by atoms with Gasteiger partial charge in [0.25, 0.3) is 16.7 Å². The fourth-order valence-corrected chi connectivity index (χ4v) is 13.7. The molecule has 1 saturated heterocycles. The third-order valence-electron chi connectivity index (χ3n) is 17.6. The molecule has 107 heavy (non-hydrogen) atoms. The maximum absolute atomic E-state index is 13.3. The van der Waals surface area contributed by atoms with Crippen LogP contribution >= 0.6 is 70.4 Å². The molecule has 0 spiro atoms. The molecule has 23 nitrogen and oxygen atoms in total. The summed E-state index contributed by atoms with van der Waals surface area (Å²) in [6.45, 7) is 12.7. The van der Waals surface area contributed by atoms with Crippen molar-refractivity contribution in [2.24, 2.45) is 42.3 Å². The van der Waals surface area contributed by atoms with Crippen LogP contribution in [0.5, 0.6) is 0 Å². The first kappa shape index (κ1) is 86.2. The Labute approximate surface area is 674 Å². The van der Waals surface area contributed by atoms with E-state index in [1.54, 1.807) is 46.3 Å². The van der Waals surface area contributed by atoms with E-state index in [0.717, 1.165) is 97.1 Å². The topological polar surface area (TPSA) is 250 Å². The molecule has 3 radical (unpaired) electrons. The van der Waals surface area contributed by atoms with Gasteiger partial charge in [-0.15, -0.1) is 0 Å². The Balaban J connectivity index is 0.000000237. The number of carbonyl (C=O) groups excluding carboxylic acids is 1. The van der Waals surface area contributed by atoms with E-state index in [2.05, 4.69) is 112 Å². The fourth-order valence-electron chi connectivity index (χ4n) is 12.4. The number of aromatic nitrogens is 12. The average Bonchev–Trinajstić information content (AvgIpc) is 1.60. The largest absolute Gasteiger partial charge is 1.00 e. The minimum Gasteiger partial charge on any atom is -1.00 e. The van der Waals surface area contributed by atoms with Gasteiger partial charge < -0.3 is 34.4 Å². The number of hydrogen-bond donors (Lipinski definition) is 1. The maximum Gasteiger partial charge on any atom is 1.00 e. The van der Waals surface area contributed by atoms with Gasteiger partial charge in [-0.1, -0.05) is 181 Å². The Hall–Kier alpha value is -8.05. The van der Waals surface area contributed by atoms with Crippen LogP contribution in [0.25, 0.3) is 33.5 Å². The first-order valence-electron chi connectivity index (χ1n) is 34.4. The van der Waals surface area contributed by atoms with Gasteiger partial charge in [0.05, 0.1) is 25.4 Å². The number of benzene rings is 6. The molecule has 6 aromatic carbocycles. The second-order valence-corrected chi connectivity index (χ2v) is 29.3. The van der Waals surface area contributed by atoms with E-state index in [1.807, 2.05) is 130 Å². The standard InChI is InChI=1S/C26H29BrN4O3.C24H23BrN4O4.C22H21BrN4O3.C4H8O.C2H5I.B.Li.H/c1-5-21(19-11-7-10-18(13-19)16-34-6-2)23-28-24-22(25(32)30(4)26(33)29(24)3)31(23)15-17-9-8-12-20(27)14-17;1-4-33-23(31)17-9-5-7-15(11-17)13-19-26-21-20(22(30)28(3)24(32)27(21)2)29(19)14-16-8-6-10-18(25)12-16;1-25-20-19(21(29)26(2)22(25)30)27(12-15-6-4-8-17(23)10-15)18(24-20)11-14-5-3-7-16(9-14)13-28;1-2-4-5-3-1;1-2-3;;;/h7-14,21H,5-6,15-16H2,1-4H3;5-12H,4,13-14H2,1-3H3;3-10,28H,11-13H2,1-2H3;1-4H2;2H2,1H3;;;/q;;;;;;+1;-1. The van der Waals surface area contributed by atoms with Gasteiger partial charge in [-0.2, -0.15) is 0 Å². The molecule has 0 bridgehead atoms. The molecule has 1 fully saturated rings. The maximum atomic E-state index is 13.3. The van der Waals surface area contributed by atoms with Gasteiger partial charge in [-0.3, -0.25) is 41.8 Å². The van der Waals surface area contributed by atoms with Gasteiger partial charge in [0.15, 0.2) is 33.5 Å². The smallest absolute Gasteiger partial charge is 1.00 e. The van der Waals surface area contributed by atoms with Crippen LogP contribution < -0.4 is 52.6 Å². The Morgan fingerprint density at radius 2 is 0.907 bits per heavy atom. The summed E-state index contributed by atoms with van der Waals surface area (Å²) in [6, 6.07) is 46.7. The summed E-state index contributed by atoms with van der Waals surface area (Å²) in [4.78, 5) is 103. The molecular formula is C78H87BBr3ILiN12O11. The molecule has 1 aliphatic rings. The van der Waals surface area contributed by atoms with E-state index in [4.69, 9.17) is 19.2 Å². The monoisotopic (exact) mass is 1750 g/mol. The minimum absolute atomic E-state index is 0. The molecule has 1 unspecified atom stereocenters. The molecule has 12 aromatic rings. The van der Waals surface area contributed by atoms with Crippen molar-refractivity contribution in [2.75, 3.05) is 30.9 Å². The number of hydrogen-bond acceptors (Lipinski definition) is 14. The molecule has 6 aromatic heterocycles. The molecule has 1 atom stereocenters. The number of ether oxygens (including phenoxy) is 3. The van der Waals surface area contributed by atoms with Crippen LogP contribution in [0, 0.1) is 0 Å². The SMILES string of the molecule is C1CCOC1.CCI.CCOC(=O)c1cccc(Cc2nc3c(c(=O)n(C)c(=O)n3C)n2Cc2cccc(Br)c2)c1.CCOCc1cccc(C(CC)c2nc3c(c(=O)n(C)c(=O)n3C)n2Cc2cccc(Br)c2)c1.Cn1c(=O)c2c(nc(Cc3cccc(CO)c3)n2Cc2cccc(Br)c2)n(C)c1=O.[B].[H-].[Li+]. The van der Waals surface area contributed by atoms with E-state index >= 15 is 0 Å². The first-order chi connectivity index (χ1) is 50.4. The molecule has 0 amide bonds. The van der Waals surface area contributed by atoms with Crippen LogP contribution in [0.1, 0.15) is 127 Å². The zero-order valence-electron chi connectivity index (χ0n) is 63.0. The number of rotatable bonds is 19. The Morgan fingerprint density at radius 3 is 1.33 bits per heavy atom. The summed E-state index contributed by atoms with van der Waals surface area (Å²) < 4.78 is 33.0. The van der Waals surface area contributed by atoms with Crippen LogP contribution in [0.2, 0.25) is 0 Å². The number of imidazole rings is 3. The fraction of sp³-hybridized carbons (Fsp3) is 0.333. The van der Waals surface area contributed by atoms with Crippen molar-refractivity contribution < 1.29 is 44.4 Å². The van der Waals surface area contributed by atoms with Crippen molar-refractivity contribution in [3.8, 4) is 0 Å². The van der Waals surface area contributed by atoms with Crippen LogP contribution in [0.3, 0.4) is 0 Å². The van der Waals surface area contributed by atoms with Crippen molar-refractivity contribution in [3.63, 3.8) is 0 Å². The van der Waals surface area contributed by atoms with E-state index in [9.17, 15) is 38.7 Å². The zero-order valence-corrected chi connectivity index (χ0v) is 68.9. The second kappa shape index (κ2) is 40.4. The van der Waals surface area contributed by atoms with Gasteiger partial charge in [-0.05, 0) is 131 Å². The van der Waals surface area contributed by atoms with E-state index in [0.29, 0.717) is 103 Å². The summed E-state index contributed by atoms with van der Waals surface area (Å²) in [5.74, 6) is 1.62. The number of aryl methyl sites for hydroxylation is 3. The number of aliphatic hydroxyl groups is 1. The van der Waals surface area contributed by atoms with E-state index < -0.39 is 22.9 Å². The van der Waals surface area contributed by atoms with E-state index in [-0.39, 0.29) is 58.0 Å². The predicted molar refractivity (Wildman–Crippen MR) is 436 cm³/mol. The quantitative estimate of drug-likeness (QED) is 0.0344. The average molecular weight is 1750 g/mol. The molecule has 13 rings (SSSR count). The first-order valence-corrected chi connectivity index (χ1v) is 38.3. The third-order valence-corrected chi connectivity index (χ3v) is 19.1. The third kappa shape index (κ3) is 20.9. The number of halogens is 4. The summed E-state index contributed by atoms with van der Waals surface area (Å²) in [6.07, 6.45) is 4.18. The van der Waals surface area contributed by atoms with Gasteiger partial charge >= 0.3 is 41.9 Å². The number of nitrogens with zero attached hydrogens (tertiary/aromatic N) is 12. The molecule has 1 aliphatic heterocycles. The number of fused-ring (bicyclic) bond motifs is 3. The summed E-state index contributed by atoms with van der Waals surface area (Å²) in [5, 5.41) is 9.44. The van der Waals surface area contributed by atoms with Crippen molar-refractivity contribution >= 4 is 118 Å². The molecule has 7 heterocycles. The number of carbonyl (C=O) groups is 1. The summed E-state index contributed by atoms with van der Waals surface area (Å²) in [5.41, 5.74) is 8.22. The van der Waals surface area contributed by atoms with Crippen LogP contribution in [-0.4, -0.2) is 106 Å². The molecule has 0 saturated carbocycles. The molecule has 0 aliphatic carbocycles. The van der Waals surface area contributed by atoms with E-state index in [1.165, 1.54) is 52.1 Å². The molecule has 1 N–H and O–H groups in total. The second-order valence-electron chi connectivity index (χ2n) is 25.0. The van der Waals surface area contributed by atoms with Gasteiger partial charge in [0, 0.05) is 122 Å². The normalized spacial score (nSPS) is 11.8. The van der Waals surface area contributed by atoms with Crippen LogP contribution in [0.4, 0.5) is 0 Å². The molecular weight excluding hydrogens is 1670 g/mol. The van der Waals surface area contributed by atoms with Crippen molar-refractivity contribution in [2.45, 2.75) is 98.6 Å². The number of esters is 1.